The van der Waals surface area contributed by atoms with E-state index in [4.69, 9.17) is 5.26 Å². The average molecular weight is 366 g/mol. The Morgan fingerprint density at radius 3 is 2.74 bits per heavy atom. The van der Waals surface area contributed by atoms with Crippen molar-refractivity contribution in [2.45, 2.75) is 18.9 Å². The molecule has 2 aromatic rings. The molecule has 1 aliphatic rings. The maximum Gasteiger partial charge on any atom is 0.273 e. The molecule has 0 spiro atoms. The number of anilines is 3. The number of amides is 2. The largest absolute Gasteiger partial charge is 0.368 e. The minimum absolute atomic E-state index is 0.0507. The van der Waals surface area contributed by atoms with Gasteiger partial charge in [0.25, 0.3) is 11.8 Å². The number of aromatic nitrogens is 2. The lowest BCUT2D eigenvalue weighted by atomic mass is 10.1. The summed E-state index contributed by atoms with van der Waals surface area (Å²) in [7, 11) is 1.55. The van der Waals surface area contributed by atoms with Crippen LogP contribution in [0.3, 0.4) is 0 Å². The van der Waals surface area contributed by atoms with Gasteiger partial charge in [-0.25, -0.2) is 9.97 Å². The van der Waals surface area contributed by atoms with E-state index in [2.05, 4.69) is 20.6 Å². The Hall–Kier alpha value is -3.51. The van der Waals surface area contributed by atoms with Gasteiger partial charge in [0.05, 0.1) is 5.56 Å². The molecule has 1 fully saturated rings. The minimum Gasteiger partial charge on any atom is -0.368 e. The van der Waals surface area contributed by atoms with Crippen LogP contribution in [0.25, 0.3) is 0 Å². The number of nitrogens with zero attached hydrogens (tertiary/aromatic N) is 4. The van der Waals surface area contributed by atoms with Crippen LogP contribution < -0.4 is 15.5 Å². The number of carbonyl (C=O) groups is 2. The van der Waals surface area contributed by atoms with Crippen LogP contribution in [-0.4, -0.2) is 46.1 Å². The topological polar surface area (TPSA) is 131 Å². The first-order valence-corrected chi connectivity index (χ1v) is 8.25. The van der Waals surface area contributed by atoms with Crippen molar-refractivity contribution >= 4 is 29.1 Å². The Morgan fingerprint density at radius 2 is 2.11 bits per heavy atom. The highest BCUT2D eigenvalue weighted by Crippen LogP contribution is 2.29. The zero-order chi connectivity index (χ0) is 19.6. The Kier molecular flexibility index (Phi) is 4.75. The maximum atomic E-state index is 12.3. The van der Waals surface area contributed by atoms with E-state index in [9.17, 15) is 14.7 Å². The number of nitriles is 1. The number of rotatable bonds is 4. The van der Waals surface area contributed by atoms with Gasteiger partial charge < -0.3 is 20.6 Å². The average Bonchev–Trinajstić information content (AvgIpc) is 2.97. The van der Waals surface area contributed by atoms with E-state index in [1.165, 1.54) is 17.3 Å². The summed E-state index contributed by atoms with van der Waals surface area (Å²) in [5.41, 5.74) is -0.243. The van der Waals surface area contributed by atoms with Gasteiger partial charge in [-0.1, -0.05) is 0 Å². The summed E-state index contributed by atoms with van der Waals surface area (Å²) in [6.45, 7) is 2.04. The molecular weight excluding hydrogens is 348 g/mol. The summed E-state index contributed by atoms with van der Waals surface area (Å²) in [5, 5.41) is 24.6. The molecule has 0 aromatic carbocycles. The van der Waals surface area contributed by atoms with Crippen LogP contribution in [-0.2, 0) is 4.79 Å². The number of carbonyl (C=O) groups excluding carboxylic acids is 2. The first-order chi connectivity index (χ1) is 12.9. The molecule has 138 valence electrons. The van der Waals surface area contributed by atoms with Crippen molar-refractivity contribution in [1.29, 1.82) is 5.26 Å². The highest BCUT2D eigenvalue weighted by molar-refractivity contribution is 6.03. The third-order valence-corrected chi connectivity index (χ3v) is 4.37. The summed E-state index contributed by atoms with van der Waals surface area (Å²) in [4.78, 5) is 33.8. The van der Waals surface area contributed by atoms with E-state index in [1.54, 1.807) is 38.2 Å². The fourth-order valence-electron chi connectivity index (χ4n) is 2.84. The predicted molar refractivity (Wildman–Crippen MR) is 97.4 cm³/mol. The summed E-state index contributed by atoms with van der Waals surface area (Å²) in [6, 6.07) is 6.63. The second kappa shape index (κ2) is 7.01. The van der Waals surface area contributed by atoms with E-state index < -0.39 is 11.5 Å². The number of aryl methyl sites for hydroxylation is 1. The van der Waals surface area contributed by atoms with Gasteiger partial charge in [0.2, 0.25) is 5.60 Å². The van der Waals surface area contributed by atoms with Crippen LogP contribution in [0.5, 0.6) is 0 Å². The predicted octanol–water partition coefficient (Wildman–Crippen LogP) is 0.880. The zero-order valence-corrected chi connectivity index (χ0v) is 14.9. The van der Waals surface area contributed by atoms with Gasteiger partial charge in [0.1, 0.15) is 17.7 Å². The molecule has 9 heteroatoms. The lowest BCUT2D eigenvalue weighted by molar-refractivity contribution is -0.128. The van der Waals surface area contributed by atoms with Crippen molar-refractivity contribution in [1.82, 2.24) is 15.3 Å². The SMILES string of the molecule is CNC(=O)c1cnc(Nc2cc(N3CC[C@](O)(C#N)C3=O)ccn2)cc1C. The molecule has 0 aliphatic carbocycles. The molecule has 27 heavy (non-hydrogen) atoms. The Labute approximate surface area is 155 Å². The van der Waals surface area contributed by atoms with Crippen molar-refractivity contribution < 1.29 is 14.7 Å². The maximum absolute atomic E-state index is 12.3. The molecule has 2 amide bonds. The van der Waals surface area contributed by atoms with Gasteiger partial charge in [-0.15, -0.1) is 0 Å². The molecule has 0 radical (unpaired) electrons. The number of hydrogen-bond acceptors (Lipinski definition) is 7. The Morgan fingerprint density at radius 1 is 1.37 bits per heavy atom. The number of aliphatic hydroxyl groups is 1. The molecule has 0 bridgehead atoms. The fourth-order valence-corrected chi connectivity index (χ4v) is 2.84. The number of nitrogens with one attached hydrogen (secondary N) is 2. The van der Waals surface area contributed by atoms with E-state index in [1.807, 2.05) is 0 Å². The summed E-state index contributed by atoms with van der Waals surface area (Å²) in [6.07, 6.45) is 3.03. The second-order valence-corrected chi connectivity index (χ2v) is 6.17. The first-order valence-electron chi connectivity index (χ1n) is 8.25. The molecule has 0 unspecified atom stereocenters. The highest BCUT2D eigenvalue weighted by atomic mass is 16.3. The van der Waals surface area contributed by atoms with E-state index >= 15 is 0 Å². The Bertz CT molecular complexity index is 954. The number of pyridine rings is 2. The molecule has 2 aromatic heterocycles. The van der Waals surface area contributed by atoms with Gasteiger partial charge in [0.15, 0.2) is 0 Å². The van der Waals surface area contributed by atoms with Crippen molar-refractivity contribution in [2.75, 3.05) is 23.8 Å². The van der Waals surface area contributed by atoms with Gasteiger partial charge in [-0.3, -0.25) is 9.59 Å². The fraction of sp³-hybridized carbons (Fsp3) is 0.278. The molecule has 3 heterocycles. The van der Waals surface area contributed by atoms with Gasteiger partial charge in [-0.05, 0) is 24.6 Å². The monoisotopic (exact) mass is 366 g/mol. The highest BCUT2D eigenvalue weighted by Gasteiger charge is 2.46. The van der Waals surface area contributed by atoms with Gasteiger partial charge in [-0.2, -0.15) is 5.26 Å². The lowest BCUT2D eigenvalue weighted by Crippen LogP contribution is -2.38. The molecule has 1 atom stereocenters. The summed E-state index contributed by atoms with van der Waals surface area (Å²) in [5.74, 6) is 0.0635. The van der Waals surface area contributed by atoms with Crippen LogP contribution in [0.1, 0.15) is 22.3 Å². The zero-order valence-electron chi connectivity index (χ0n) is 14.9. The normalized spacial score (nSPS) is 18.9. The third kappa shape index (κ3) is 3.43. The van der Waals surface area contributed by atoms with E-state index in [0.29, 0.717) is 22.9 Å². The molecule has 9 nitrogen and oxygen atoms in total. The Balaban J connectivity index is 1.81. The number of hydrogen-bond donors (Lipinski definition) is 3. The second-order valence-electron chi connectivity index (χ2n) is 6.17. The van der Waals surface area contributed by atoms with Gasteiger partial charge in [0, 0.05) is 44.2 Å². The van der Waals surface area contributed by atoms with Crippen LogP contribution in [0.15, 0.2) is 30.6 Å². The van der Waals surface area contributed by atoms with Crippen LogP contribution in [0.4, 0.5) is 17.3 Å². The van der Waals surface area contributed by atoms with Gasteiger partial charge >= 0.3 is 0 Å². The third-order valence-electron chi connectivity index (χ3n) is 4.37. The van der Waals surface area contributed by atoms with Crippen molar-refractivity contribution in [2.24, 2.45) is 0 Å². The van der Waals surface area contributed by atoms with E-state index in [-0.39, 0.29) is 18.9 Å². The van der Waals surface area contributed by atoms with Crippen molar-refractivity contribution in [3.63, 3.8) is 0 Å². The quantitative estimate of drug-likeness (QED) is 0.684. The first kappa shape index (κ1) is 18.3. The molecule has 3 N–H and O–H groups in total. The lowest BCUT2D eigenvalue weighted by Gasteiger charge is -2.18. The molecule has 3 rings (SSSR count). The molecule has 1 aliphatic heterocycles. The summed E-state index contributed by atoms with van der Waals surface area (Å²) >= 11 is 0. The summed E-state index contributed by atoms with van der Waals surface area (Å²) < 4.78 is 0. The van der Waals surface area contributed by atoms with Crippen molar-refractivity contribution in [3.8, 4) is 6.07 Å². The molecular formula is C18H18N6O3. The molecule has 1 saturated heterocycles. The minimum atomic E-state index is -1.98. The van der Waals surface area contributed by atoms with E-state index in [0.717, 1.165) is 5.56 Å². The van der Waals surface area contributed by atoms with Crippen molar-refractivity contribution in [3.05, 3.63) is 41.7 Å². The van der Waals surface area contributed by atoms with Crippen LogP contribution in [0, 0.1) is 18.3 Å². The molecule has 0 saturated carbocycles. The smallest absolute Gasteiger partial charge is 0.273 e. The van der Waals surface area contributed by atoms with Crippen LogP contribution in [0.2, 0.25) is 0 Å². The standard InChI is InChI=1S/C18H18N6O3/c1-11-7-14(22-9-13(11)16(25)20-2)23-15-8-12(3-5-21-15)24-6-4-18(27,10-19)17(24)26/h3,5,7-9,27H,4,6H2,1-2H3,(H,20,25)(H,21,22,23)/t18-/m0/s1. The van der Waals surface area contributed by atoms with Crippen LogP contribution >= 0.6 is 0 Å².